The number of hydrogen-bond donors (Lipinski definition) is 1. The molecule has 4 rings (SSSR count). The fourth-order valence-corrected chi connectivity index (χ4v) is 4.31. The number of piperidine rings is 1. The molecule has 3 nitrogen and oxygen atoms in total. The minimum Gasteiger partial charge on any atom is -0.316 e. The van der Waals surface area contributed by atoms with Gasteiger partial charge in [-0.2, -0.15) is 0 Å². The summed E-state index contributed by atoms with van der Waals surface area (Å²) in [6.07, 6.45) is 0. The molecule has 0 spiro atoms. The third-order valence-electron chi connectivity index (χ3n) is 5.69. The lowest BCUT2D eigenvalue weighted by molar-refractivity contribution is 0.120. The fraction of sp³-hybridized carbons (Fsp3) is 0.667. The third kappa shape index (κ3) is 4.40. The van der Waals surface area contributed by atoms with E-state index in [1.54, 1.807) is 0 Å². The van der Waals surface area contributed by atoms with Gasteiger partial charge in [0.05, 0.1) is 0 Å². The maximum Gasteiger partial charge on any atom is 0.0234 e. The van der Waals surface area contributed by atoms with E-state index in [0.29, 0.717) is 0 Å². The number of nitrogens with zero attached hydrogens (tertiary/aromatic N) is 2. The Balaban J connectivity index is 0.000000960. The number of benzene rings is 1. The maximum atomic E-state index is 3.50. The van der Waals surface area contributed by atoms with Gasteiger partial charge >= 0.3 is 0 Å². The van der Waals surface area contributed by atoms with Crippen LogP contribution in [0.15, 0.2) is 24.3 Å². The van der Waals surface area contributed by atoms with E-state index in [4.69, 9.17) is 0 Å². The number of piperazine rings is 1. The normalized spacial score (nSPS) is 30.2. The van der Waals surface area contributed by atoms with Gasteiger partial charge in [-0.05, 0) is 43.3 Å². The molecule has 2 saturated heterocycles. The highest BCUT2D eigenvalue weighted by Gasteiger charge is 2.52. The van der Waals surface area contributed by atoms with Crippen LogP contribution in [0.25, 0.3) is 0 Å². The van der Waals surface area contributed by atoms with Gasteiger partial charge in [-0.25, -0.2) is 0 Å². The molecule has 1 N–H and O–H groups in total. The maximum absolute atomic E-state index is 3.50. The van der Waals surface area contributed by atoms with Crippen LogP contribution in [-0.2, 0) is 6.54 Å². The van der Waals surface area contributed by atoms with Crippen molar-refractivity contribution in [1.29, 1.82) is 0 Å². The summed E-state index contributed by atoms with van der Waals surface area (Å²) >= 11 is 0. The minimum atomic E-state index is 0. The largest absolute Gasteiger partial charge is 0.316 e. The second-order valence-corrected chi connectivity index (χ2v) is 7.22. The number of fused-ring (bicyclic) bond motifs is 1. The Morgan fingerprint density at radius 3 is 2.30 bits per heavy atom. The summed E-state index contributed by atoms with van der Waals surface area (Å²) in [5, 5.41) is 3.50. The molecule has 3 aliphatic rings. The lowest BCUT2D eigenvalue weighted by atomic mass is 10.1. The molecular weight excluding hydrogens is 329 g/mol. The molecular formula is C18H29Cl2N3. The van der Waals surface area contributed by atoms with Gasteiger partial charge in [-0.15, -0.1) is 24.8 Å². The minimum absolute atomic E-state index is 0. The molecule has 0 radical (unpaired) electrons. The molecule has 2 aliphatic heterocycles. The average molecular weight is 358 g/mol. The van der Waals surface area contributed by atoms with Crippen LogP contribution >= 0.6 is 24.8 Å². The van der Waals surface area contributed by atoms with Gasteiger partial charge in [0.1, 0.15) is 0 Å². The first-order valence-electron chi connectivity index (χ1n) is 8.50. The predicted octanol–water partition coefficient (Wildman–Crippen LogP) is 2.42. The molecule has 1 saturated carbocycles. The first-order chi connectivity index (χ1) is 10.3. The van der Waals surface area contributed by atoms with E-state index in [0.717, 1.165) is 24.3 Å². The third-order valence-corrected chi connectivity index (χ3v) is 5.69. The zero-order valence-electron chi connectivity index (χ0n) is 13.9. The SMILES string of the molecule is Cc1cccc(CN2CCN(CC3[C@H]4CNC[C@@H]34)CC2)c1.Cl.Cl. The van der Waals surface area contributed by atoms with Crippen LogP contribution in [0.5, 0.6) is 0 Å². The highest BCUT2D eigenvalue weighted by atomic mass is 35.5. The Bertz CT molecular complexity index is 493. The fourth-order valence-electron chi connectivity index (χ4n) is 4.31. The van der Waals surface area contributed by atoms with E-state index in [1.807, 2.05) is 0 Å². The summed E-state index contributed by atoms with van der Waals surface area (Å²) in [6.45, 7) is 12.2. The Labute approximate surface area is 152 Å². The molecule has 3 fully saturated rings. The summed E-state index contributed by atoms with van der Waals surface area (Å²) in [6, 6.07) is 8.95. The van der Waals surface area contributed by atoms with Gasteiger partial charge < -0.3 is 10.2 Å². The first kappa shape index (κ1) is 19.0. The highest BCUT2D eigenvalue weighted by Crippen LogP contribution is 2.48. The van der Waals surface area contributed by atoms with Crippen molar-refractivity contribution < 1.29 is 0 Å². The van der Waals surface area contributed by atoms with Gasteiger partial charge in [0.25, 0.3) is 0 Å². The van der Waals surface area contributed by atoms with E-state index < -0.39 is 0 Å². The summed E-state index contributed by atoms with van der Waals surface area (Å²) < 4.78 is 0. The van der Waals surface area contributed by atoms with E-state index >= 15 is 0 Å². The van der Waals surface area contributed by atoms with Crippen LogP contribution in [0.3, 0.4) is 0 Å². The molecule has 0 bridgehead atoms. The quantitative estimate of drug-likeness (QED) is 0.892. The molecule has 0 aromatic heterocycles. The predicted molar refractivity (Wildman–Crippen MR) is 101 cm³/mol. The standard InChI is InChI=1S/C18H27N3.2ClH/c1-14-3-2-4-15(9-14)12-20-5-7-21(8-6-20)13-18-16-10-19-11-17(16)18;;/h2-4,9,16-19H,5-8,10-13H2,1H3;2*1H/t16-,17+,18?;;. The second-order valence-electron chi connectivity index (χ2n) is 7.22. The molecule has 3 atom stereocenters. The van der Waals surface area contributed by atoms with Crippen LogP contribution in [0.4, 0.5) is 0 Å². The van der Waals surface area contributed by atoms with Crippen molar-refractivity contribution in [2.75, 3.05) is 45.8 Å². The van der Waals surface area contributed by atoms with Crippen LogP contribution in [-0.4, -0.2) is 55.6 Å². The van der Waals surface area contributed by atoms with Crippen molar-refractivity contribution in [3.63, 3.8) is 0 Å². The molecule has 2 heterocycles. The molecule has 1 aliphatic carbocycles. The van der Waals surface area contributed by atoms with E-state index in [1.165, 1.54) is 56.9 Å². The molecule has 5 heteroatoms. The monoisotopic (exact) mass is 357 g/mol. The van der Waals surface area contributed by atoms with Crippen LogP contribution in [0.1, 0.15) is 11.1 Å². The molecule has 0 amide bonds. The lowest BCUT2D eigenvalue weighted by Gasteiger charge is -2.35. The number of rotatable bonds is 4. The number of nitrogens with one attached hydrogen (secondary N) is 1. The summed E-state index contributed by atoms with van der Waals surface area (Å²) in [7, 11) is 0. The highest BCUT2D eigenvalue weighted by molar-refractivity contribution is 5.85. The first-order valence-corrected chi connectivity index (χ1v) is 8.50. The zero-order chi connectivity index (χ0) is 14.2. The summed E-state index contributed by atoms with van der Waals surface area (Å²) in [4.78, 5) is 5.32. The molecule has 130 valence electrons. The van der Waals surface area contributed by atoms with Crippen molar-refractivity contribution >= 4 is 24.8 Å². The second kappa shape index (κ2) is 8.17. The molecule has 23 heavy (non-hydrogen) atoms. The smallest absolute Gasteiger partial charge is 0.0234 e. The lowest BCUT2D eigenvalue weighted by Crippen LogP contribution is -2.46. The molecule has 1 unspecified atom stereocenters. The van der Waals surface area contributed by atoms with Crippen molar-refractivity contribution in [1.82, 2.24) is 15.1 Å². The summed E-state index contributed by atoms with van der Waals surface area (Å²) in [5.74, 6) is 3.03. The van der Waals surface area contributed by atoms with Crippen molar-refractivity contribution in [2.24, 2.45) is 17.8 Å². The van der Waals surface area contributed by atoms with Gasteiger partial charge in [0.2, 0.25) is 0 Å². The van der Waals surface area contributed by atoms with E-state index in [2.05, 4.69) is 46.3 Å². The Morgan fingerprint density at radius 1 is 1.00 bits per heavy atom. The van der Waals surface area contributed by atoms with E-state index in [9.17, 15) is 0 Å². The van der Waals surface area contributed by atoms with Crippen molar-refractivity contribution in [3.05, 3.63) is 35.4 Å². The van der Waals surface area contributed by atoms with Gasteiger partial charge in [0, 0.05) is 39.3 Å². The van der Waals surface area contributed by atoms with E-state index in [-0.39, 0.29) is 24.8 Å². The Hall–Kier alpha value is -0.320. The average Bonchev–Trinajstić information content (AvgIpc) is 2.92. The van der Waals surface area contributed by atoms with Crippen LogP contribution in [0, 0.1) is 24.7 Å². The van der Waals surface area contributed by atoms with Gasteiger partial charge in [-0.1, -0.05) is 29.8 Å². The van der Waals surface area contributed by atoms with Crippen molar-refractivity contribution in [3.8, 4) is 0 Å². The molecule has 1 aromatic carbocycles. The Morgan fingerprint density at radius 2 is 1.65 bits per heavy atom. The van der Waals surface area contributed by atoms with Crippen LogP contribution < -0.4 is 5.32 Å². The zero-order valence-corrected chi connectivity index (χ0v) is 15.5. The van der Waals surface area contributed by atoms with Crippen molar-refractivity contribution in [2.45, 2.75) is 13.5 Å². The van der Waals surface area contributed by atoms with Crippen LogP contribution in [0.2, 0.25) is 0 Å². The molecule has 1 aromatic rings. The van der Waals surface area contributed by atoms with Gasteiger partial charge in [0.15, 0.2) is 0 Å². The summed E-state index contributed by atoms with van der Waals surface area (Å²) in [5.41, 5.74) is 2.84. The van der Waals surface area contributed by atoms with Gasteiger partial charge in [-0.3, -0.25) is 4.90 Å². The Kier molecular flexibility index (Phi) is 6.76. The number of aryl methyl sites for hydroxylation is 1. The number of hydrogen-bond acceptors (Lipinski definition) is 3. The topological polar surface area (TPSA) is 18.5 Å². The number of halogens is 2.